The van der Waals surface area contributed by atoms with E-state index in [2.05, 4.69) is 10.3 Å². The number of pyridine rings is 1. The van der Waals surface area contributed by atoms with Gasteiger partial charge < -0.3 is 9.51 Å². The fraction of sp³-hybridized carbons (Fsp3) is 0.273. The van der Waals surface area contributed by atoms with Crippen molar-refractivity contribution in [2.24, 2.45) is 0 Å². The number of nitrogens with zero attached hydrogens (tertiary/aromatic N) is 2. The number of nitrogens with one attached hydrogen (secondary N) is 1. The third kappa shape index (κ3) is 2.57. The highest BCUT2D eigenvalue weighted by Crippen LogP contribution is 2.12. The van der Waals surface area contributed by atoms with Crippen LogP contribution in [0.25, 0.3) is 5.65 Å². The molecule has 2 N–H and O–H groups in total. The molecule has 0 radical (unpaired) electrons. The van der Waals surface area contributed by atoms with Gasteiger partial charge in [0.2, 0.25) is 0 Å². The van der Waals surface area contributed by atoms with E-state index < -0.39 is 12.0 Å². The van der Waals surface area contributed by atoms with Crippen molar-refractivity contribution in [1.82, 2.24) is 14.7 Å². The first-order chi connectivity index (χ1) is 8.08. The van der Waals surface area contributed by atoms with Gasteiger partial charge in [-0.05, 0) is 19.1 Å². The van der Waals surface area contributed by atoms with Gasteiger partial charge in [-0.2, -0.15) is 0 Å². The lowest BCUT2D eigenvalue weighted by Gasteiger charge is -2.08. The van der Waals surface area contributed by atoms with Crippen LogP contribution in [0.15, 0.2) is 24.5 Å². The molecule has 0 saturated heterocycles. The summed E-state index contributed by atoms with van der Waals surface area (Å²) in [4.78, 5) is 14.9. The molecule has 2 rings (SSSR count). The molecule has 0 aliphatic heterocycles. The lowest BCUT2D eigenvalue weighted by molar-refractivity contribution is -0.139. The molecule has 0 aliphatic carbocycles. The minimum Gasteiger partial charge on any atom is -0.480 e. The van der Waals surface area contributed by atoms with Gasteiger partial charge in [-0.1, -0.05) is 11.6 Å². The topological polar surface area (TPSA) is 66.6 Å². The molecule has 0 fully saturated rings. The fourth-order valence-corrected chi connectivity index (χ4v) is 1.64. The second-order valence-electron chi connectivity index (χ2n) is 3.77. The van der Waals surface area contributed by atoms with Crippen molar-refractivity contribution in [3.05, 3.63) is 35.2 Å². The lowest BCUT2D eigenvalue weighted by atomic mass is 10.3. The van der Waals surface area contributed by atoms with Crippen LogP contribution in [-0.4, -0.2) is 26.5 Å². The summed E-state index contributed by atoms with van der Waals surface area (Å²) in [6.45, 7) is 2.02. The molecule has 17 heavy (non-hydrogen) atoms. The van der Waals surface area contributed by atoms with Crippen molar-refractivity contribution in [2.45, 2.75) is 19.5 Å². The van der Waals surface area contributed by atoms with Crippen LogP contribution >= 0.6 is 11.6 Å². The number of carbonyl (C=O) groups is 1. The first kappa shape index (κ1) is 11.9. The number of aromatic nitrogens is 2. The van der Waals surface area contributed by atoms with Crippen molar-refractivity contribution in [1.29, 1.82) is 0 Å². The first-order valence-electron chi connectivity index (χ1n) is 5.15. The molecule has 2 aromatic rings. The number of hydrogen-bond acceptors (Lipinski definition) is 3. The van der Waals surface area contributed by atoms with Gasteiger partial charge in [-0.25, -0.2) is 4.98 Å². The number of rotatable bonds is 4. The van der Waals surface area contributed by atoms with Crippen molar-refractivity contribution in [3.8, 4) is 0 Å². The normalized spacial score (nSPS) is 12.8. The third-order valence-electron chi connectivity index (χ3n) is 2.51. The van der Waals surface area contributed by atoms with Gasteiger partial charge in [0, 0.05) is 12.7 Å². The molecule has 1 unspecified atom stereocenters. The molecular weight excluding hydrogens is 242 g/mol. The molecule has 90 valence electrons. The number of carboxylic acid groups (broad SMARTS) is 1. The fourth-order valence-electron chi connectivity index (χ4n) is 1.48. The zero-order valence-electron chi connectivity index (χ0n) is 9.22. The van der Waals surface area contributed by atoms with E-state index in [1.807, 2.05) is 10.5 Å². The average molecular weight is 254 g/mol. The Morgan fingerprint density at radius 2 is 2.41 bits per heavy atom. The zero-order chi connectivity index (χ0) is 12.4. The van der Waals surface area contributed by atoms with Crippen LogP contribution in [0.4, 0.5) is 0 Å². The largest absolute Gasteiger partial charge is 0.480 e. The van der Waals surface area contributed by atoms with Gasteiger partial charge in [-0.15, -0.1) is 0 Å². The summed E-state index contributed by atoms with van der Waals surface area (Å²) in [7, 11) is 0. The summed E-state index contributed by atoms with van der Waals surface area (Å²) in [6, 6.07) is 2.98. The van der Waals surface area contributed by atoms with E-state index in [4.69, 9.17) is 16.7 Å². The summed E-state index contributed by atoms with van der Waals surface area (Å²) >= 11 is 5.90. The minimum absolute atomic E-state index is 0.426. The van der Waals surface area contributed by atoms with Crippen LogP contribution in [0.3, 0.4) is 0 Å². The highest BCUT2D eigenvalue weighted by molar-refractivity contribution is 6.30. The Morgan fingerprint density at radius 3 is 3.12 bits per heavy atom. The molecule has 1 atom stereocenters. The summed E-state index contributed by atoms with van der Waals surface area (Å²) in [6.07, 6.45) is 3.46. The predicted molar refractivity (Wildman–Crippen MR) is 64.1 cm³/mol. The van der Waals surface area contributed by atoms with Gasteiger partial charge in [0.15, 0.2) is 0 Å². The Labute approximate surface area is 103 Å². The summed E-state index contributed by atoms with van der Waals surface area (Å²) in [5, 5.41) is 12.3. The molecule has 2 aromatic heterocycles. The summed E-state index contributed by atoms with van der Waals surface area (Å²) in [5.41, 5.74) is 1.66. The van der Waals surface area contributed by atoms with Crippen LogP contribution in [0.5, 0.6) is 0 Å². The zero-order valence-corrected chi connectivity index (χ0v) is 9.98. The van der Waals surface area contributed by atoms with Crippen LogP contribution in [-0.2, 0) is 11.3 Å². The van der Waals surface area contributed by atoms with E-state index in [-0.39, 0.29) is 0 Å². The highest BCUT2D eigenvalue weighted by Gasteiger charge is 2.11. The number of hydrogen-bond donors (Lipinski definition) is 2. The van der Waals surface area contributed by atoms with Gasteiger partial charge >= 0.3 is 5.97 Å². The quantitative estimate of drug-likeness (QED) is 0.868. The first-order valence-corrected chi connectivity index (χ1v) is 5.53. The van der Waals surface area contributed by atoms with E-state index in [1.165, 1.54) is 0 Å². The molecule has 0 spiro atoms. The van der Waals surface area contributed by atoms with E-state index in [0.717, 1.165) is 11.3 Å². The number of fused-ring (bicyclic) bond motifs is 1. The lowest BCUT2D eigenvalue weighted by Crippen LogP contribution is -2.33. The smallest absolute Gasteiger partial charge is 0.320 e. The second-order valence-corrected chi connectivity index (χ2v) is 4.20. The molecule has 0 bridgehead atoms. The predicted octanol–water partition coefficient (Wildman–Crippen LogP) is 1.55. The maximum Gasteiger partial charge on any atom is 0.320 e. The summed E-state index contributed by atoms with van der Waals surface area (Å²) < 4.78 is 1.84. The van der Waals surface area contributed by atoms with Crippen LogP contribution in [0.2, 0.25) is 5.02 Å². The molecule has 0 saturated carbocycles. The number of halogens is 1. The Bertz CT molecular complexity index is 553. The van der Waals surface area contributed by atoms with E-state index in [1.54, 1.807) is 25.4 Å². The molecule has 0 amide bonds. The minimum atomic E-state index is -0.878. The highest BCUT2D eigenvalue weighted by atomic mass is 35.5. The SMILES string of the molecule is CC(NCc1cnc2ccc(Cl)cn12)C(=O)O. The molecule has 0 aromatic carbocycles. The number of carboxylic acids is 1. The van der Waals surface area contributed by atoms with E-state index in [9.17, 15) is 4.79 Å². The Balaban J connectivity index is 2.19. The van der Waals surface area contributed by atoms with E-state index in [0.29, 0.717) is 11.6 Å². The van der Waals surface area contributed by atoms with Crippen molar-refractivity contribution in [3.63, 3.8) is 0 Å². The Morgan fingerprint density at radius 1 is 1.65 bits per heavy atom. The van der Waals surface area contributed by atoms with Gasteiger partial charge in [0.1, 0.15) is 11.7 Å². The third-order valence-corrected chi connectivity index (χ3v) is 2.73. The molecule has 0 aliphatic rings. The Kier molecular flexibility index (Phi) is 3.31. The monoisotopic (exact) mass is 253 g/mol. The van der Waals surface area contributed by atoms with Gasteiger partial charge in [-0.3, -0.25) is 10.1 Å². The molecule has 2 heterocycles. The summed E-state index contributed by atoms with van der Waals surface area (Å²) in [5.74, 6) is -0.878. The van der Waals surface area contributed by atoms with Crippen molar-refractivity contribution >= 4 is 23.2 Å². The van der Waals surface area contributed by atoms with Crippen molar-refractivity contribution in [2.75, 3.05) is 0 Å². The molecule has 5 nitrogen and oxygen atoms in total. The van der Waals surface area contributed by atoms with Gasteiger partial charge in [0.05, 0.1) is 16.9 Å². The maximum absolute atomic E-state index is 10.7. The maximum atomic E-state index is 10.7. The van der Waals surface area contributed by atoms with Crippen LogP contribution in [0, 0.1) is 0 Å². The van der Waals surface area contributed by atoms with Gasteiger partial charge in [0.25, 0.3) is 0 Å². The standard InChI is InChI=1S/C11H12ClN3O2/c1-7(11(16)17)13-4-9-5-14-10-3-2-8(12)6-15(9)10/h2-3,5-7,13H,4H2,1H3,(H,16,17). The van der Waals surface area contributed by atoms with Crippen LogP contribution in [0.1, 0.15) is 12.6 Å². The second kappa shape index (κ2) is 4.73. The number of imidazole rings is 1. The Hall–Kier alpha value is -1.59. The molecular formula is C11H12ClN3O2. The average Bonchev–Trinajstić information content (AvgIpc) is 2.68. The number of aliphatic carboxylic acids is 1. The van der Waals surface area contributed by atoms with Crippen molar-refractivity contribution < 1.29 is 9.90 Å². The molecule has 6 heteroatoms. The van der Waals surface area contributed by atoms with Crippen LogP contribution < -0.4 is 5.32 Å². The van der Waals surface area contributed by atoms with E-state index >= 15 is 0 Å².